The maximum absolute atomic E-state index is 11.6. The van der Waals surface area contributed by atoms with Crippen molar-refractivity contribution < 1.29 is 18.8 Å². The molecule has 0 saturated carbocycles. The van der Waals surface area contributed by atoms with Gasteiger partial charge in [0, 0.05) is 69.6 Å². The number of aromatic amines is 2. The molecular formula is C39H60Cl5N12O6P. The van der Waals surface area contributed by atoms with Crippen LogP contribution in [0.15, 0.2) is 27.8 Å². The fourth-order valence-electron chi connectivity index (χ4n) is 7.92. The number of halogens is 5. The van der Waals surface area contributed by atoms with Gasteiger partial charge in [0.05, 0.1) is 36.6 Å². The Bertz CT molecular complexity index is 2050. The van der Waals surface area contributed by atoms with Crippen LogP contribution in [-0.4, -0.2) is 124 Å². The molecule has 0 aromatic carbocycles. The van der Waals surface area contributed by atoms with Gasteiger partial charge in [0.15, 0.2) is 0 Å². The molecule has 24 heteroatoms. The molecule has 6 aliphatic heterocycles. The predicted molar refractivity (Wildman–Crippen MR) is 254 cm³/mol. The predicted octanol–water partition coefficient (Wildman–Crippen LogP) is 7.23. The van der Waals surface area contributed by atoms with E-state index in [9.17, 15) is 14.2 Å². The Balaban J connectivity index is 0.000000163. The summed E-state index contributed by atoms with van der Waals surface area (Å²) in [5, 5.41) is 3.88. The number of anilines is 5. The summed E-state index contributed by atoms with van der Waals surface area (Å²) in [5.74, 6) is 3.79. The Morgan fingerprint density at radius 1 is 0.619 bits per heavy atom. The number of nitrogens with zero attached hydrogens (tertiary/aromatic N) is 7. The highest BCUT2D eigenvalue weighted by atomic mass is 36.0. The van der Waals surface area contributed by atoms with Crippen LogP contribution in [0.25, 0.3) is 0 Å². The number of H-pyrrole nitrogens is 2. The molecule has 6 unspecified atom stereocenters. The molecule has 3 aromatic rings. The van der Waals surface area contributed by atoms with Gasteiger partial charge in [0.2, 0.25) is 5.28 Å². The van der Waals surface area contributed by atoms with Crippen molar-refractivity contribution in [1.82, 2.24) is 29.9 Å². The zero-order valence-electron chi connectivity index (χ0n) is 36.4. The second-order valence-electron chi connectivity index (χ2n) is 17.1. The molecule has 9 rings (SSSR count). The van der Waals surface area contributed by atoms with E-state index in [1.165, 1.54) is 0 Å². The average Bonchev–Trinajstić information content (AvgIpc) is 3.81. The first kappa shape index (κ1) is 51.3. The van der Waals surface area contributed by atoms with Crippen molar-refractivity contribution in [2.24, 2.45) is 5.73 Å². The van der Waals surface area contributed by atoms with Gasteiger partial charge in [-0.05, 0) is 118 Å². The highest BCUT2D eigenvalue weighted by molar-refractivity contribution is 8.24. The Morgan fingerprint density at radius 2 is 0.968 bits per heavy atom. The van der Waals surface area contributed by atoms with Crippen molar-refractivity contribution >= 4 is 91.2 Å². The van der Waals surface area contributed by atoms with E-state index >= 15 is 0 Å². The summed E-state index contributed by atoms with van der Waals surface area (Å²) in [6, 6.07) is 6.49. The third kappa shape index (κ3) is 17.9. The molecule has 0 radical (unpaired) electrons. The molecule has 0 amide bonds. The SMILES string of the molecule is CC(C)N.CC(C)Nc1cc(N2CC3CCC(C2)O3)nc(=O)[nH]1.CC(C)Nc1cc(N2CC3CCC(C2)O3)nc(Cl)n1.O=P(Cl)(Cl)Cl.O=c1nc(N2CC3CCC(C2)O3)cc(Cl)[nH]1. The Labute approximate surface area is 392 Å². The number of morpholine rings is 3. The summed E-state index contributed by atoms with van der Waals surface area (Å²) in [5.41, 5.74) is 4.40. The summed E-state index contributed by atoms with van der Waals surface area (Å²) in [6.45, 7) is 17.1. The van der Waals surface area contributed by atoms with E-state index in [4.69, 9.17) is 43.1 Å². The van der Waals surface area contributed by atoms with Gasteiger partial charge in [0.1, 0.15) is 34.2 Å². The monoisotopic (exact) mass is 998 g/mol. The number of hydrogen-bond donors (Lipinski definition) is 5. The second-order valence-corrected chi connectivity index (χ2v) is 24.4. The van der Waals surface area contributed by atoms with Crippen LogP contribution in [-0.2, 0) is 18.8 Å². The number of rotatable bonds is 7. The van der Waals surface area contributed by atoms with Gasteiger partial charge in [-0.15, -0.1) is 0 Å². The van der Waals surface area contributed by atoms with Crippen molar-refractivity contribution in [3.8, 4) is 0 Å². The summed E-state index contributed by atoms with van der Waals surface area (Å²) in [4.78, 5) is 51.1. The molecule has 3 aromatic heterocycles. The van der Waals surface area contributed by atoms with Gasteiger partial charge in [-0.1, -0.05) is 25.4 Å². The molecule has 0 aliphatic carbocycles. The molecule has 0 spiro atoms. The lowest BCUT2D eigenvalue weighted by atomic mass is 10.2. The van der Waals surface area contributed by atoms with E-state index in [1.54, 1.807) is 6.07 Å². The Morgan fingerprint density at radius 3 is 1.33 bits per heavy atom. The second kappa shape index (κ2) is 23.7. The Hall–Kier alpha value is -2.64. The van der Waals surface area contributed by atoms with Crippen LogP contribution in [0.4, 0.5) is 29.1 Å². The maximum atomic E-state index is 11.6. The van der Waals surface area contributed by atoms with Crippen LogP contribution < -0.4 is 42.4 Å². The minimum absolute atomic E-state index is 0.270. The van der Waals surface area contributed by atoms with E-state index in [0.29, 0.717) is 52.8 Å². The topological polar surface area (TPSA) is 222 Å². The van der Waals surface area contributed by atoms with Crippen LogP contribution in [0.3, 0.4) is 0 Å². The molecule has 6 N–H and O–H groups in total. The zero-order chi connectivity index (χ0) is 46.0. The van der Waals surface area contributed by atoms with E-state index in [0.717, 1.165) is 101 Å². The van der Waals surface area contributed by atoms with Crippen molar-refractivity contribution in [2.45, 2.75) is 135 Å². The standard InChI is InChI=1S/C13H19ClN4O.C13H20N4O2.C10H12ClN3O2.C3H9N.Cl3OP/c1-8(2)15-11-5-12(17-13(14)16-11)18-6-9-3-4-10(7-18)19-9;1-8(2)14-11-5-12(16-13(18)15-11)17-6-9-3-4-10(7-17)19-9;11-8-3-9(13-10(15)12-8)14-4-6-1-2-7(5-14)16-6;1-3(2)4;1-5(2,3)4/h5,8-10H,3-4,6-7H2,1-2H3,(H,15,16,17);5,8-10H,3-4,6-7H2,1-2H3,(H2,14,15,16,18);3,6-7H,1-2,4-5H2,(H,12,13,15);3H,4H2,1-2H3;. The smallest absolute Gasteiger partial charge is 0.348 e. The van der Waals surface area contributed by atoms with Crippen LogP contribution in [0.1, 0.15) is 80.1 Å². The summed E-state index contributed by atoms with van der Waals surface area (Å²) in [7, 11) is 0. The van der Waals surface area contributed by atoms with E-state index in [2.05, 4.69) is 103 Å². The molecule has 6 fully saturated rings. The number of aromatic nitrogens is 6. The number of ether oxygens (including phenoxy) is 3. The summed E-state index contributed by atoms with van der Waals surface area (Å²) < 4.78 is 26.9. The van der Waals surface area contributed by atoms with E-state index in [-0.39, 0.29) is 23.9 Å². The third-order valence-electron chi connectivity index (χ3n) is 10.1. The first-order valence-corrected chi connectivity index (χ1v) is 26.4. The highest BCUT2D eigenvalue weighted by Gasteiger charge is 2.36. The van der Waals surface area contributed by atoms with Crippen LogP contribution >= 0.6 is 62.1 Å². The molecule has 6 aliphatic rings. The fraction of sp³-hybridized carbons (Fsp3) is 0.692. The maximum Gasteiger partial charge on any atom is 0.348 e. The van der Waals surface area contributed by atoms with Crippen molar-refractivity contribution in [1.29, 1.82) is 0 Å². The first-order valence-electron chi connectivity index (χ1n) is 21.3. The van der Waals surface area contributed by atoms with E-state index < -0.39 is 10.9 Å². The lowest BCUT2D eigenvalue weighted by Gasteiger charge is -2.33. The van der Waals surface area contributed by atoms with Gasteiger partial charge < -0.3 is 45.3 Å². The third-order valence-corrected chi connectivity index (χ3v) is 10.5. The quantitative estimate of drug-likeness (QED) is 0.0895. The molecule has 18 nitrogen and oxygen atoms in total. The van der Waals surface area contributed by atoms with Crippen LogP contribution in [0, 0.1) is 0 Å². The highest BCUT2D eigenvalue weighted by Crippen LogP contribution is 2.61. The van der Waals surface area contributed by atoms with Gasteiger partial charge in [-0.2, -0.15) is 9.97 Å². The number of nitrogens with two attached hydrogens (primary N) is 1. The molecule has 352 valence electrons. The van der Waals surface area contributed by atoms with Crippen molar-refractivity contribution in [2.75, 3.05) is 64.6 Å². The first-order chi connectivity index (χ1) is 29.6. The minimum atomic E-state index is -3.22. The fourth-order valence-corrected chi connectivity index (χ4v) is 8.27. The normalized spacial score (nSPS) is 24.4. The van der Waals surface area contributed by atoms with Gasteiger partial charge >= 0.3 is 16.6 Å². The average molecular weight is 1000 g/mol. The van der Waals surface area contributed by atoms with Crippen LogP contribution in [0.2, 0.25) is 10.4 Å². The molecule has 63 heavy (non-hydrogen) atoms. The van der Waals surface area contributed by atoms with Crippen molar-refractivity contribution in [3.05, 3.63) is 49.6 Å². The number of fused-ring (bicyclic) bond motifs is 6. The number of nitrogens with one attached hydrogen (secondary N) is 4. The Kier molecular flexibility index (Phi) is 19.3. The van der Waals surface area contributed by atoms with Crippen LogP contribution in [0.5, 0.6) is 0 Å². The van der Waals surface area contributed by atoms with E-state index in [1.807, 2.05) is 39.8 Å². The summed E-state index contributed by atoms with van der Waals surface area (Å²) >= 11 is 25.7. The largest absolute Gasteiger partial charge is 0.371 e. The minimum Gasteiger partial charge on any atom is -0.371 e. The van der Waals surface area contributed by atoms with Gasteiger partial charge in [0.25, 0.3) is 0 Å². The van der Waals surface area contributed by atoms with Gasteiger partial charge in [-0.3, -0.25) is 14.5 Å². The molecule has 6 atom stereocenters. The molecular weight excluding hydrogens is 941 g/mol. The zero-order valence-corrected chi connectivity index (χ0v) is 41.1. The summed E-state index contributed by atoms with van der Waals surface area (Å²) in [6.07, 6.45) is 8.54. The molecule has 6 bridgehead atoms. The molecule has 6 saturated heterocycles. The lowest BCUT2D eigenvalue weighted by molar-refractivity contribution is 0.0300. The van der Waals surface area contributed by atoms with Gasteiger partial charge in [-0.25, -0.2) is 19.6 Å². The van der Waals surface area contributed by atoms with Crippen molar-refractivity contribution in [3.63, 3.8) is 0 Å². The lowest BCUT2D eigenvalue weighted by Crippen LogP contribution is -2.43. The molecule has 9 heterocycles. The number of hydrogen-bond acceptors (Lipinski definition) is 16.